The second-order valence-electron chi connectivity index (χ2n) is 8.22. The highest BCUT2D eigenvalue weighted by molar-refractivity contribution is 5.52. The number of alkyl halides is 6. The molecule has 0 radical (unpaired) electrons. The third-order valence-electron chi connectivity index (χ3n) is 5.72. The van der Waals surface area contributed by atoms with Gasteiger partial charge < -0.3 is 10.6 Å². The van der Waals surface area contributed by atoms with Crippen LogP contribution in [0.3, 0.4) is 0 Å². The van der Waals surface area contributed by atoms with E-state index in [9.17, 15) is 26.3 Å². The van der Waals surface area contributed by atoms with Gasteiger partial charge in [0.1, 0.15) is 0 Å². The number of benzene rings is 4. The minimum atomic E-state index is -4.45. The number of rotatable bonds is 7. The molecular formula is C28H22F6N2. The summed E-state index contributed by atoms with van der Waals surface area (Å²) in [6, 6.07) is 27.1. The first-order valence-electron chi connectivity index (χ1n) is 11.1. The molecule has 0 aliphatic heterocycles. The summed E-state index contributed by atoms with van der Waals surface area (Å²) in [5.74, 6) is 0. The zero-order valence-corrected chi connectivity index (χ0v) is 18.8. The minimum Gasteiger partial charge on any atom is -0.376 e. The highest BCUT2D eigenvalue weighted by Crippen LogP contribution is 2.37. The van der Waals surface area contributed by atoms with Gasteiger partial charge in [0.2, 0.25) is 0 Å². The lowest BCUT2D eigenvalue weighted by Crippen LogP contribution is -2.25. The summed E-state index contributed by atoms with van der Waals surface area (Å²) >= 11 is 0. The van der Waals surface area contributed by atoms with Crippen molar-refractivity contribution < 1.29 is 26.3 Å². The van der Waals surface area contributed by atoms with Crippen molar-refractivity contribution in [3.8, 4) is 0 Å². The van der Waals surface area contributed by atoms with E-state index in [0.29, 0.717) is 11.4 Å². The van der Waals surface area contributed by atoms with Gasteiger partial charge in [-0.3, -0.25) is 0 Å². The summed E-state index contributed by atoms with van der Waals surface area (Å²) in [6.07, 6.45) is -8.90. The molecule has 2 atom stereocenters. The summed E-state index contributed by atoms with van der Waals surface area (Å²) < 4.78 is 78.2. The zero-order chi connectivity index (χ0) is 25.8. The highest BCUT2D eigenvalue weighted by Gasteiger charge is 2.32. The Kier molecular flexibility index (Phi) is 7.24. The zero-order valence-electron chi connectivity index (χ0n) is 18.8. The monoisotopic (exact) mass is 500 g/mol. The van der Waals surface area contributed by atoms with Crippen molar-refractivity contribution in [1.29, 1.82) is 0 Å². The molecule has 4 aromatic carbocycles. The highest BCUT2D eigenvalue weighted by atomic mass is 19.4. The van der Waals surface area contributed by atoms with Crippen LogP contribution in [0.15, 0.2) is 109 Å². The summed E-state index contributed by atoms with van der Waals surface area (Å²) in [5, 5.41) is 6.64. The third kappa shape index (κ3) is 6.19. The Morgan fingerprint density at radius 2 is 0.722 bits per heavy atom. The van der Waals surface area contributed by atoms with Crippen LogP contribution in [0.2, 0.25) is 0 Å². The Hall–Kier alpha value is -3.94. The molecule has 0 aliphatic rings. The van der Waals surface area contributed by atoms with E-state index in [1.165, 1.54) is 24.3 Å². The van der Waals surface area contributed by atoms with Gasteiger partial charge in [0.15, 0.2) is 0 Å². The topological polar surface area (TPSA) is 24.1 Å². The van der Waals surface area contributed by atoms with E-state index in [-0.39, 0.29) is 0 Å². The van der Waals surface area contributed by atoms with Gasteiger partial charge in [-0.1, -0.05) is 60.7 Å². The van der Waals surface area contributed by atoms with E-state index in [4.69, 9.17) is 0 Å². The molecule has 0 saturated heterocycles. The molecule has 0 unspecified atom stereocenters. The number of anilines is 2. The molecule has 4 aromatic rings. The predicted molar refractivity (Wildman–Crippen MR) is 128 cm³/mol. The fourth-order valence-corrected chi connectivity index (χ4v) is 3.91. The van der Waals surface area contributed by atoms with Crippen LogP contribution in [0, 0.1) is 0 Å². The molecule has 4 rings (SSSR count). The van der Waals surface area contributed by atoms with Gasteiger partial charge in [0.25, 0.3) is 0 Å². The molecule has 8 heteroatoms. The molecule has 2 nitrogen and oxygen atoms in total. The lowest BCUT2D eigenvalue weighted by atomic mass is 9.92. The predicted octanol–water partition coefficient (Wildman–Crippen LogP) is 8.73. The molecule has 0 heterocycles. The molecule has 2 N–H and O–H groups in total. The number of nitrogens with one attached hydrogen (secondary N) is 2. The SMILES string of the molecule is FC(F)(F)c1ccc(N[C@H](c2ccccc2)[C@H](Nc2ccc(C(F)(F)F)cc2)c2ccccc2)cc1. The Balaban J connectivity index is 1.72. The second-order valence-corrected chi connectivity index (χ2v) is 8.22. The molecule has 0 spiro atoms. The fraction of sp³-hybridized carbons (Fsp3) is 0.143. The van der Waals surface area contributed by atoms with Crippen molar-refractivity contribution in [2.45, 2.75) is 24.4 Å². The van der Waals surface area contributed by atoms with Gasteiger partial charge in [-0.25, -0.2) is 0 Å². The van der Waals surface area contributed by atoms with Crippen molar-refractivity contribution in [2.75, 3.05) is 10.6 Å². The third-order valence-corrected chi connectivity index (χ3v) is 5.72. The summed E-state index contributed by atoms with van der Waals surface area (Å²) in [4.78, 5) is 0. The van der Waals surface area contributed by atoms with Gasteiger partial charge in [0, 0.05) is 11.4 Å². The van der Waals surface area contributed by atoms with Crippen molar-refractivity contribution in [3.63, 3.8) is 0 Å². The van der Waals surface area contributed by atoms with E-state index in [1.54, 1.807) is 0 Å². The van der Waals surface area contributed by atoms with Crippen LogP contribution in [-0.4, -0.2) is 0 Å². The van der Waals surface area contributed by atoms with Crippen LogP contribution >= 0.6 is 0 Å². The molecule has 0 aliphatic carbocycles. The largest absolute Gasteiger partial charge is 0.416 e. The number of hydrogen-bond donors (Lipinski definition) is 2. The smallest absolute Gasteiger partial charge is 0.376 e. The molecule has 36 heavy (non-hydrogen) atoms. The molecule has 0 amide bonds. The van der Waals surface area contributed by atoms with E-state index >= 15 is 0 Å². The number of hydrogen-bond acceptors (Lipinski definition) is 2. The van der Waals surface area contributed by atoms with Crippen LogP contribution < -0.4 is 10.6 Å². The van der Waals surface area contributed by atoms with E-state index < -0.39 is 35.6 Å². The summed E-state index contributed by atoms with van der Waals surface area (Å²) in [6.45, 7) is 0. The minimum absolute atomic E-state index is 0.465. The Labute approximate surface area is 204 Å². The normalized spacial score (nSPS) is 13.6. The van der Waals surface area contributed by atoms with E-state index in [0.717, 1.165) is 35.4 Å². The standard InChI is InChI=1S/C28H22F6N2/c29-27(30,31)21-11-15-23(16-12-21)35-25(19-7-3-1-4-8-19)26(20-9-5-2-6-10-20)36-24-17-13-22(14-18-24)28(32,33)34/h1-18,25-26,35-36H/t25-,26-/m1/s1. The molecule has 0 bridgehead atoms. The van der Waals surface area contributed by atoms with Crippen molar-refractivity contribution in [1.82, 2.24) is 0 Å². The Morgan fingerprint density at radius 3 is 1.00 bits per heavy atom. The van der Waals surface area contributed by atoms with Gasteiger partial charge in [-0.15, -0.1) is 0 Å². The fourth-order valence-electron chi connectivity index (χ4n) is 3.91. The van der Waals surface area contributed by atoms with Crippen LogP contribution in [0.1, 0.15) is 34.3 Å². The lowest BCUT2D eigenvalue weighted by molar-refractivity contribution is -0.138. The molecule has 0 aromatic heterocycles. The molecule has 0 saturated carbocycles. The van der Waals surface area contributed by atoms with Crippen LogP contribution in [0.5, 0.6) is 0 Å². The maximum atomic E-state index is 13.0. The quantitative estimate of drug-likeness (QED) is 0.248. The van der Waals surface area contributed by atoms with E-state index in [1.807, 2.05) is 60.7 Å². The van der Waals surface area contributed by atoms with Crippen molar-refractivity contribution in [2.24, 2.45) is 0 Å². The number of halogens is 6. The average molecular weight is 500 g/mol. The first-order valence-corrected chi connectivity index (χ1v) is 11.1. The van der Waals surface area contributed by atoms with Crippen LogP contribution in [-0.2, 0) is 12.4 Å². The first-order chi connectivity index (χ1) is 17.1. The van der Waals surface area contributed by atoms with Gasteiger partial charge >= 0.3 is 12.4 Å². The van der Waals surface area contributed by atoms with Crippen molar-refractivity contribution in [3.05, 3.63) is 131 Å². The summed E-state index contributed by atoms with van der Waals surface area (Å²) in [7, 11) is 0. The Bertz CT molecular complexity index is 1130. The van der Waals surface area contributed by atoms with Gasteiger partial charge in [-0.05, 0) is 59.7 Å². The summed E-state index contributed by atoms with van der Waals surface area (Å²) in [5.41, 5.74) is 1.09. The maximum Gasteiger partial charge on any atom is 0.416 e. The van der Waals surface area contributed by atoms with Gasteiger partial charge in [-0.2, -0.15) is 26.3 Å². The van der Waals surface area contributed by atoms with Gasteiger partial charge in [0.05, 0.1) is 23.2 Å². The molecule has 0 fully saturated rings. The molecule has 186 valence electrons. The molecular weight excluding hydrogens is 478 g/mol. The van der Waals surface area contributed by atoms with Crippen molar-refractivity contribution >= 4 is 11.4 Å². The second kappa shape index (κ2) is 10.4. The Morgan fingerprint density at radius 1 is 0.417 bits per heavy atom. The van der Waals surface area contributed by atoms with Crippen LogP contribution in [0.4, 0.5) is 37.7 Å². The maximum absolute atomic E-state index is 13.0. The average Bonchev–Trinajstić information content (AvgIpc) is 2.87. The lowest BCUT2D eigenvalue weighted by Gasteiger charge is -2.31. The first kappa shape index (κ1) is 25.2. The van der Waals surface area contributed by atoms with Crippen LogP contribution in [0.25, 0.3) is 0 Å². The van der Waals surface area contributed by atoms with E-state index in [2.05, 4.69) is 10.6 Å².